The lowest BCUT2D eigenvalue weighted by atomic mass is 9.98. The molecule has 5 N–H and O–H groups in total. The quantitative estimate of drug-likeness (QED) is 0.106. The van der Waals surface area contributed by atoms with Gasteiger partial charge in [-0.3, -0.25) is 5.14 Å². The van der Waals surface area contributed by atoms with Crippen molar-refractivity contribution in [2.45, 2.75) is 66.3 Å². The second kappa shape index (κ2) is 18.1. The Morgan fingerprint density at radius 3 is 2.27 bits per heavy atom. The first-order valence-electron chi connectivity index (χ1n) is 14.0. The molecule has 0 aromatic heterocycles. The monoisotopic (exact) mass is 579 g/mol. The molecule has 0 spiro atoms. The van der Waals surface area contributed by atoms with Gasteiger partial charge >= 0.3 is 0 Å². The largest absolute Gasteiger partial charge is 0.388 e. The zero-order chi connectivity index (χ0) is 31.1. The lowest BCUT2D eigenvalue weighted by Crippen LogP contribution is -2.26. The van der Waals surface area contributed by atoms with Crippen LogP contribution in [0.5, 0.6) is 0 Å². The summed E-state index contributed by atoms with van der Waals surface area (Å²) in [4.78, 5) is 1.94. The van der Waals surface area contributed by atoms with Gasteiger partial charge in [0.2, 0.25) is 0 Å². The van der Waals surface area contributed by atoms with Gasteiger partial charge in [0.25, 0.3) is 0 Å². The summed E-state index contributed by atoms with van der Waals surface area (Å²) in [5.41, 5.74) is 12.2. The van der Waals surface area contributed by atoms with Gasteiger partial charge in [-0.05, 0) is 93.0 Å². The summed E-state index contributed by atoms with van der Waals surface area (Å²) in [6, 6.07) is 12.2. The lowest BCUT2D eigenvalue weighted by molar-refractivity contribution is 0.510. The van der Waals surface area contributed by atoms with E-state index in [1.165, 1.54) is 35.7 Å². The Balaban J connectivity index is 0.000000500. The van der Waals surface area contributed by atoms with Gasteiger partial charge in [-0.25, -0.2) is 4.39 Å². The molecular weight excluding hydrogens is 529 g/mol. The van der Waals surface area contributed by atoms with Gasteiger partial charge < -0.3 is 20.9 Å². The molecule has 3 rings (SSSR count). The summed E-state index contributed by atoms with van der Waals surface area (Å²) in [5.74, 6) is 0.491. The molecule has 1 saturated carbocycles. The van der Waals surface area contributed by atoms with Crippen LogP contribution in [0.3, 0.4) is 0 Å². The molecule has 0 atom stereocenters. The molecule has 0 saturated heterocycles. The molecule has 1 aliphatic rings. The second-order valence-corrected chi connectivity index (χ2v) is 10.4. The second-order valence-electron chi connectivity index (χ2n) is 10.4. The van der Waals surface area contributed by atoms with Gasteiger partial charge in [0.15, 0.2) is 0 Å². The third kappa shape index (κ3) is 11.2. The number of hydrogen-bond donors (Lipinski definition) is 5. The molecule has 0 aliphatic heterocycles. The highest BCUT2D eigenvalue weighted by Gasteiger charge is 2.26. The zero-order valence-electron chi connectivity index (χ0n) is 26.2. The number of rotatable bonds is 11. The van der Waals surface area contributed by atoms with Crippen LogP contribution in [-0.4, -0.2) is 32.1 Å². The van der Waals surface area contributed by atoms with Crippen molar-refractivity contribution in [2.75, 3.05) is 31.8 Å². The first kappa shape index (κ1) is 35.6. The molecule has 2 aromatic carbocycles. The molecule has 0 radical (unpaired) electrons. The fourth-order valence-corrected chi connectivity index (χ4v) is 4.11. The Labute approximate surface area is 253 Å². The van der Waals surface area contributed by atoms with Crippen molar-refractivity contribution >= 4 is 24.2 Å². The maximum Gasteiger partial charge on any atom is 0.146 e. The Kier molecular flexibility index (Phi) is 15.8. The number of nitrogens with zero attached hydrogens (tertiary/aromatic N) is 1. The predicted octanol–water partition coefficient (Wildman–Crippen LogP) is 8.04. The summed E-state index contributed by atoms with van der Waals surface area (Å²) in [6.45, 7) is 18.0. The van der Waals surface area contributed by atoms with Crippen LogP contribution in [0.15, 0.2) is 89.6 Å². The summed E-state index contributed by atoms with van der Waals surface area (Å²) in [6.07, 6.45) is 6.49. The van der Waals surface area contributed by atoms with Crippen LogP contribution in [0.1, 0.15) is 56.7 Å². The van der Waals surface area contributed by atoms with Crippen LogP contribution in [0.25, 0.3) is 0 Å². The van der Waals surface area contributed by atoms with Gasteiger partial charge in [0.05, 0.1) is 11.4 Å². The SMILES string of the molecule is C=C=C(NC1CC1)C(/C(C)=C(/C)C=C)=C(\Nc1ccc(C)cc1F)N(C)C.CCCc1ccc(C)c(NC)c1.NS. The summed E-state index contributed by atoms with van der Waals surface area (Å²) in [7, 11) is 5.84. The van der Waals surface area contributed by atoms with Gasteiger partial charge in [0, 0.05) is 38.4 Å². The summed E-state index contributed by atoms with van der Waals surface area (Å²) < 4.78 is 14.5. The number of nitrogens with two attached hydrogens (primary N) is 1. The number of anilines is 2. The number of thiol groups is 1. The highest BCUT2D eigenvalue weighted by atomic mass is 32.1. The molecule has 224 valence electrons. The molecule has 1 fully saturated rings. The van der Waals surface area contributed by atoms with Crippen molar-refractivity contribution < 1.29 is 4.39 Å². The lowest BCUT2D eigenvalue weighted by Gasteiger charge is -2.26. The van der Waals surface area contributed by atoms with E-state index in [2.05, 4.69) is 84.8 Å². The van der Waals surface area contributed by atoms with E-state index in [4.69, 9.17) is 0 Å². The molecule has 5 nitrogen and oxygen atoms in total. The minimum absolute atomic E-state index is 0.282. The maximum atomic E-state index is 14.5. The summed E-state index contributed by atoms with van der Waals surface area (Å²) in [5, 5.41) is 14.2. The fraction of sp³-hybridized carbons (Fsp3) is 0.382. The Bertz CT molecular complexity index is 1270. The van der Waals surface area contributed by atoms with Gasteiger partial charge in [0.1, 0.15) is 11.6 Å². The number of hydrogen-bond acceptors (Lipinski definition) is 6. The van der Waals surface area contributed by atoms with E-state index in [1.807, 2.05) is 59.0 Å². The van der Waals surface area contributed by atoms with Crippen LogP contribution >= 0.6 is 12.8 Å². The number of benzene rings is 2. The average Bonchev–Trinajstić information content (AvgIpc) is 3.79. The van der Waals surface area contributed by atoms with Gasteiger partial charge in [-0.15, -0.1) is 18.5 Å². The van der Waals surface area contributed by atoms with Crippen LogP contribution in [0.4, 0.5) is 15.8 Å². The van der Waals surface area contributed by atoms with E-state index < -0.39 is 0 Å². The van der Waals surface area contributed by atoms with Gasteiger partial charge in [-0.1, -0.05) is 50.8 Å². The molecule has 0 unspecified atom stereocenters. The van der Waals surface area contributed by atoms with E-state index in [0.29, 0.717) is 11.7 Å². The minimum Gasteiger partial charge on any atom is -0.388 e. The van der Waals surface area contributed by atoms with Gasteiger partial charge in [-0.2, -0.15) is 0 Å². The molecular formula is C34H50FN5S. The number of aryl methyl sites for hydroxylation is 3. The van der Waals surface area contributed by atoms with Crippen molar-refractivity contribution in [2.24, 2.45) is 5.14 Å². The van der Waals surface area contributed by atoms with Crippen molar-refractivity contribution in [3.8, 4) is 0 Å². The fourth-order valence-electron chi connectivity index (χ4n) is 4.11. The molecule has 0 heterocycles. The van der Waals surface area contributed by atoms with Crippen LogP contribution in [-0.2, 0) is 6.42 Å². The number of halogens is 1. The predicted molar refractivity (Wildman–Crippen MR) is 181 cm³/mol. The third-order valence-electron chi connectivity index (χ3n) is 6.80. The van der Waals surface area contributed by atoms with E-state index in [1.54, 1.807) is 6.07 Å². The maximum absolute atomic E-state index is 14.5. The van der Waals surface area contributed by atoms with E-state index in [0.717, 1.165) is 46.6 Å². The Morgan fingerprint density at radius 1 is 1.12 bits per heavy atom. The topological polar surface area (TPSA) is 65.3 Å². The van der Waals surface area contributed by atoms with Crippen molar-refractivity contribution in [1.29, 1.82) is 0 Å². The first-order chi connectivity index (χ1) is 19.6. The zero-order valence-corrected chi connectivity index (χ0v) is 27.1. The van der Waals surface area contributed by atoms with Crippen molar-refractivity contribution in [3.63, 3.8) is 0 Å². The average molecular weight is 580 g/mol. The number of allylic oxidation sites excluding steroid dienone is 3. The molecule has 0 bridgehead atoms. The van der Waals surface area contributed by atoms with Crippen molar-refractivity contribution in [1.82, 2.24) is 10.2 Å². The van der Waals surface area contributed by atoms with Crippen LogP contribution in [0, 0.1) is 19.7 Å². The third-order valence-corrected chi connectivity index (χ3v) is 6.80. The number of nitrogens with one attached hydrogen (secondary N) is 3. The molecule has 2 aromatic rings. The molecule has 41 heavy (non-hydrogen) atoms. The summed E-state index contributed by atoms with van der Waals surface area (Å²) >= 11 is 3.03. The highest BCUT2D eigenvalue weighted by Crippen LogP contribution is 2.30. The van der Waals surface area contributed by atoms with E-state index in [9.17, 15) is 4.39 Å². The molecule has 7 heteroatoms. The Morgan fingerprint density at radius 2 is 1.78 bits per heavy atom. The molecule has 0 amide bonds. The van der Waals surface area contributed by atoms with E-state index in [-0.39, 0.29) is 5.82 Å². The van der Waals surface area contributed by atoms with Crippen LogP contribution < -0.4 is 21.1 Å². The smallest absolute Gasteiger partial charge is 0.146 e. The van der Waals surface area contributed by atoms with Crippen molar-refractivity contribution in [3.05, 3.63) is 112 Å². The standard InChI is InChI=1S/C23H30FN3.C11H17N.H3NS/c1-8-16(4)17(5)22(20(9-2)25-18-11-12-18)23(27(6)7)26-21-13-10-15(3)14-19(21)24;1-4-5-10-7-6-9(2)11(8-10)12-3;1-2/h8,10,13-14,18,25-26H,1-2,11-12H2,3-7H3;6-8,12H,4-5H2,1-3H3;2H,1H2/b17-16-,23-22+;;. The minimum atomic E-state index is -0.282. The molecule has 1 aliphatic carbocycles. The normalized spacial score (nSPS) is 13.0. The Hall–Kier alpha value is -3.38. The van der Waals surface area contributed by atoms with Crippen LogP contribution in [0.2, 0.25) is 0 Å². The first-order valence-corrected chi connectivity index (χ1v) is 14.5. The van der Waals surface area contributed by atoms with E-state index >= 15 is 0 Å². The highest BCUT2D eigenvalue weighted by molar-refractivity contribution is 7.77.